The number of hydrogen-bond acceptors (Lipinski definition) is 2. The third-order valence-electron chi connectivity index (χ3n) is 6.80. The summed E-state index contributed by atoms with van der Waals surface area (Å²) in [6, 6.07) is 20.1. The first-order valence-corrected chi connectivity index (χ1v) is 11.9. The van der Waals surface area contributed by atoms with Gasteiger partial charge in [0.15, 0.2) is 5.11 Å². The monoisotopic (exact) mass is 430 g/mol. The van der Waals surface area contributed by atoms with Gasteiger partial charge in [0.1, 0.15) is 6.04 Å². The van der Waals surface area contributed by atoms with Crippen molar-refractivity contribution in [2.24, 2.45) is 0 Å². The Labute approximate surface area is 190 Å². The van der Waals surface area contributed by atoms with Gasteiger partial charge in [-0.2, -0.15) is 0 Å². The zero-order valence-electron chi connectivity index (χ0n) is 18.1. The second-order valence-corrected chi connectivity index (χ2v) is 9.04. The number of thiocarbonyl (C=S) groups is 1. The molecule has 0 amide bonds. The lowest BCUT2D eigenvalue weighted by Crippen LogP contribution is -2.31. The fourth-order valence-electron chi connectivity index (χ4n) is 5.18. The minimum atomic E-state index is 0.0109. The van der Waals surface area contributed by atoms with E-state index >= 15 is 0 Å². The first kappa shape index (κ1) is 20.3. The zero-order valence-corrected chi connectivity index (χ0v) is 18.9. The van der Waals surface area contributed by atoms with Crippen LogP contribution >= 0.6 is 12.2 Å². The highest BCUT2D eigenvalue weighted by molar-refractivity contribution is 7.80. The van der Waals surface area contributed by atoms with Gasteiger partial charge in [0.25, 0.3) is 0 Å². The molecule has 2 aliphatic rings. The van der Waals surface area contributed by atoms with Gasteiger partial charge < -0.3 is 14.8 Å². The molecule has 1 aliphatic carbocycles. The Kier molecular flexibility index (Phi) is 5.77. The molecule has 2 fully saturated rings. The van der Waals surface area contributed by atoms with E-state index in [1.54, 1.807) is 0 Å². The second-order valence-electron chi connectivity index (χ2n) is 8.65. The molecule has 2 atom stereocenters. The maximum Gasteiger partial charge on any atom is 0.174 e. The quantitative estimate of drug-likeness (QED) is 0.494. The summed E-state index contributed by atoms with van der Waals surface area (Å²) in [6.07, 6.45) is 11.7. The Balaban J connectivity index is 1.59. The third kappa shape index (κ3) is 3.87. The van der Waals surface area contributed by atoms with E-state index in [1.807, 2.05) is 12.3 Å². The topological polar surface area (TPSA) is 33.1 Å². The van der Waals surface area contributed by atoms with E-state index in [0.29, 0.717) is 6.04 Å². The number of anilines is 1. The molecule has 3 aromatic rings. The SMILES string of the molecule is CCc1ccc(N2C(=S)N[C@H](c3ccccn3)[C@@H]2c2cccn2C2CCCCC2)cc1. The summed E-state index contributed by atoms with van der Waals surface area (Å²) in [5, 5.41) is 4.36. The van der Waals surface area contributed by atoms with Crippen molar-refractivity contribution >= 4 is 23.0 Å². The highest BCUT2D eigenvalue weighted by Gasteiger charge is 2.42. The fraction of sp³-hybridized carbons (Fsp3) is 0.385. The van der Waals surface area contributed by atoms with Gasteiger partial charge in [-0.1, -0.05) is 44.4 Å². The molecule has 1 N–H and O–H groups in total. The largest absolute Gasteiger partial charge is 0.351 e. The minimum absolute atomic E-state index is 0.0109. The molecule has 31 heavy (non-hydrogen) atoms. The molecule has 0 spiro atoms. The van der Waals surface area contributed by atoms with E-state index in [9.17, 15) is 0 Å². The summed E-state index contributed by atoms with van der Waals surface area (Å²) < 4.78 is 2.52. The number of aromatic nitrogens is 2. The Bertz CT molecular complexity index is 1020. The van der Waals surface area contributed by atoms with E-state index in [4.69, 9.17) is 17.2 Å². The molecule has 3 heterocycles. The third-order valence-corrected chi connectivity index (χ3v) is 7.12. The predicted molar refractivity (Wildman–Crippen MR) is 130 cm³/mol. The highest BCUT2D eigenvalue weighted by Crippen LogP contribution is 2.43. The minimum Gasteiger partial charge on any atom is -0.351 e. The normalized spacial score (nSPS) is 22.0. The van der Waals surface area contributed by atoms with E-state index in [1.165, 1.54) is 43.4 Å². The Hall–Kier alpha value is -2.66. The molecule has 4 nitrogen and oxygen atoms in total. The maximum atomic E-state index is 5.89. The van der Waals surface area contributed by atoms with Crippen LogP contribution in [0.4, 0.5) is 5.69 Å². The standard InChI is InChI=1S/C26H30N4S/c1-2-19-13-15-21(16-14-19)30-25(24(28-26(30)31)22-11-6-7-17-27-22)23-12-8-18-29(23)20-9-4-3-5-10-20/h6-8,11-18,20,24-25H,2-5,9-10H2,1H3,(H,28,31)/t24-,25+/m1/s1. The lowest BCUT2D eigenvalue weighted by molar-refractivity contribution is 0.340. The van der Waals surface area contributed by atoms with Gasteiger partial charge in [-0.25, -0.2) is 0 Å². The van der Waals surface area contributed by atoms with Crippen LogP contribution in [0.15, 0.2) is 67.0 Å². The van der Waals surface area contributed by atoms with Crippen molar-refractivity contribution < 1.29 is 0 Å². The average Bonchev–Trinajstić information content (AvgIpc) is 3.44. The lowest BCUT2D eigenvalue weighted by Gasteiger charge is -2.32. The van der Waals surface area contributed by atoms with Crippen molar-refractivity contribution in [1.29, 1.82) is 0 Å². The van der Waals surface area contributed by atoms with Gasteiger partial charge in [0.2, 0.25) is 0 Å². The summed E-state index contributed by atoms with van der Waals surface area (Å²) in [5.74, 6) is 0. The van der Waals surface area contributed by atoms with Crippen molar-refractivity contribution in [3.8, 4) is 0 Å². The molecule has 2 aromatic heterocycles. The van der Waals surface area contributed by atoms with Crippen molar-refractivity contribution in [1.82, 2.24) is 14.9 Å². The number of aryl methyl sites for hydroxylation is 1. The summed E-state index contributed by atoms with van der Waals surface area (Å²) in [5.41, 5.74) is 4.81. The van der Waals surface area contributed by atoms with Crippen LogP contribution in [-0.4, -0.2) is 14.7 Å². The predicted octanol–water partition coefficient (Wildman–Crippen LogP) is 6.13. The van der Waals surface area contributed by atoms with Crippen molar-refractivity contribution in [2.75, 3.05) is 4.90 Å². The van der Waals surface area contributed by atoms with Gasteiger partial charge in [0.05, 0.1) is 11.7 Å². The van der Waals surface area contributed by atoms with Gasteiger partial charge in [-0.15, -0.1) is 0 Å². The van der Waals surface area contributed by atoms with Crippen molar-refractivity contribution in [3.63, 3.8) is 0 Å². The van der Waals surface area contributed by atoms with Crippen molar-refractivity contribution in [2.45, 2.75) is 63.6 Å². The molecule has 1 saturated heterocycles. The van der Waals surface area contributed by atoms with Crippen LogP contribution in [-0.2, 0) is 6.42 Å². The van der Waals surface area contributed by atoms with Gasteiger partial charge in [-0.3, -0.25) is 4.98 Å². The molecule has 1 aliphatic heterocycles. The van der Waals surface area contributed by atoms with Crippen LogP contribution < -0.4 is 10.2 Å². The second kappa shape index (κ2) is 8.83. The Morgan fingerprint density at radius 2 is 1.81 bits per heavy atom. The molecule has 160 valence electrons. The van der Waals surface area contributed by atoms with Crippen LogP contribution in [0.3, 0.4) is 0 Å². The number of pyridine rings is 1. The molecule has 0 bridgehead atoms. The zero-order chi connectivity index (χ0) is 21.2. The number of rotatable bonds is 5. The van der Waals surface area contributed by atoms with E-state index in [2.05, 4.69) is 76.4 Å². The first-order chi connectivity index (χ1) is 15.3. The molecule has 1 saturated carbocycles. The molecular weight excluding hydrogens is 400 g/mol. The fourth-order valence-corrected chi connectivity index (χ4v) is 5.52. The lowest BCUT2D eigenvalue weighted by atomic mass is 9.94. The molecule has 0 unspecified atom stereocenters. The van der Waals surface area contributed by atoms with E-state index in [-0.39, 0.29) is 12.1 Å². The summed E-state index contributed by atoms with van der Waals surface area (Å²) >= 11 is 5.89. The number of benzene rings is 1. The van der Waals surface area contributed by atoms with E-state index in [0.717, 1.165) is 22.9 Å². The average molecular weight is 431 g/mol. The molecule has 0 radical (unpaired) electrons. The van der Waals surface area contributed by atoms with Crippen molar-refractivity contribution in [3.05, 3.63) is 83.9 Å². The molecule has 5 rings (SSSR count). The van der Waals surface area contributed by atoms with E-state index < -0.39 is 0 Å². The van der Waals surface area contributed by atoms with Crippen LogP contribution in [0, 0.1) is 0 Å². The number of nitrogens with zero attached hydrogens (tertiary/aromatic N) is 3. The maximum absolute atomic E-state index is 5.89. The smallest absolute Gasteiger partial charge is 0.174 e. The van der Waals surface area contributed by atoms with Gasteiger partial charge in [-0.05, 0) is 73.4 Å². The molecular formula is C26H30N4S. The van der Waals surface area contributed by atoms with Crippen LogP contribution in [0.25, 0.3) is 0 Å². The summed E-state index contributed by atoms with van der Waals surface area (Å²) in [6.45, 7) is 2.19. The van der Waals surface area contributed by atoms with Gasteiger partial charge >= 0.3 is 0 Å². The molecule has 1 aromatic carbocycles. The number of hydrogen-bond donors (Lipinski definition) is 1. The van der Waals surface area contributed by atoms with Crippen LogP contribution in [0.5, 0.6) is 0 Å². The highest BCUT2D eigenvalue weighted by atomic mass is 32.1. The molecule has 5 heteroatoms. The van der Waals surface area contributed by atoms with Gasteiger partial charge in [0, 0.05) is 29.8 Å². The summed E-state index contributed by atoms with van der Waals surface area (Å²) in [7, 11) is 0. The Morgan fingerprint density at radius 1 is 1.00 bits per heavy atom. The number of nitrogens with one attached hydrogen (secondary N) is 1. The first-order valence-electron chi connectivity index (χ1n) is 11.5. The Morgan fingerprint density at radius 3 is 2.52 bits per heavy atom. The van der Waals surface area contributed by atoms with Crippen LogP contribution in [0.1, 0.15) is 74.1 Å². The van der Waals surface area contributed by atoms with Crippen LogP contribution in [0.2, 0.25) is 0 Å². The summed E-state index contributed by atoms with van der Waals surface area (Å²) in [4.78, 5) is 6.99.